The van der Waals surface area contributed by atoms with Gasteiger partial charge in [-0.15, -0.1) is 0 Å². The molecule has 0 saturated heterocycles. The Hall–Kier alpha value is -1.69. The molecule has 6 heteroatoms. The molecule has 0 saturated carbocycles. The van der Waals surface area contributed by atoms with E-state index >= 15 is 0 Å². The Morgan fingerprint density at radius 2 is 2.26 bits per heavy atom. The summed E-state index contributed by atoms with van der Waals surface area (Å²) < 4.78 is 7.32. The SMILES string of the molecule is CSc1ncc(CNC(=O)c2cc(C)oc2C)n1C. The number of aromatic nitrogens is 2. The molecule has 0 bridgehead atoms. The summed E-state index contributed by atoms with van der Waals surface area (Å²) in [4.78, 5) is 16.3. The van der Waals surface area contributed by atoms with Gasteiger partial charge in [0.15, 0.2) is 5.16 Å². The standard InChI is InChI=1S/C13H17N3O2S/c1-8-5-11(9(2)18-8)12(17)14-6-10-7-15-13(19-4)16(10)3/h5,7H,6H2,1-4H3,(H,14,17). The summed E-state index contributed by atoms with van der Waals surface area (Å²) in [5, 5.41) is 3.81. The maximum absolute atomic E-state index is 12.0. The molecule has 0 aliphatic rings. The molecule has 102 valence electrons. The number of rotatable bonds is 4. The van der Waals surface area contributed by atoms with Gasteiger partial charge in [-0.1, -0.05) is 11.8 Å². The Bertz CT molecular complexity index is 601. The monoisotopic (exact) mass is 279 g/mol. The van der Waals surface area contributed by atoms with E-state index in [1.165, 1.54) is 0 Å². The fraction of sp³-hybridized carbons (Fsp3) is 0.385. The van der Waals surface area contributed by atoms with E-state index in [1.54, 1.807) is 30.9 Å². The van der Waals surface area contributed by atoms with E-state index in [0.29, 0.717) is 17.9 Å². The van der Waals surface area contributed by atoms with Crippen LogP contribution in [0.5, 0.6) is 0 Å². The number of nitrogens with one attached hydrogen (secondary N) is 1. The van der Waals surface area contributed by atoms with E-state index < -0.39 is 0 Å². The summed E-state index contributed by atoms with van der Waals surface area (Å²) in [6.45, 7) is 4.07. The summed E-state index contributed by atoms with van der Waals surface area (Å²) >= 11 is 1.58. The number of hydrogen-bond acceptors (Lipinski definition) is 4. The van der Waals surface area contributed by atoms with Crippen LogP contribution in [0.1, 0.15) is 27.6 Å². The molecule has 1 amide bonds. The predicted octanol–water partition coefficient (Wildman–Crippen LogP) is 2.28. The topological polar surface area (TPSA) is 60.1 Å². The van der Waals surface area contributed by atoms with Gasteiger partial charge in [0.2, 0.25) is 0 Å². The highest BCUT2D eigenvalue weighted by molar-refractivity contribution is 7.98. The molecule has 19 heavy (non-hydrogen) atoms. The minimum absolute atomic E-state index is 0.124. The number of amides is 1. The third kappa shape index (κ3) is 2.84. The average molecular weight is 279 g/mol. The number of carbonyl (C=O) groups is 1. The Kier molecular flexibility index (Phi) is 3.99. The average Bonchev–Trinajstić information content (AvgIpc) is 2.89. The van der Waals surface area contributed by atoms with Crippen LogP contribution < -0.4 is 5.32 Å². The lowest BCUT2D eigenvalue weighted by Gasteiger charge is -2.06. The summed E-state index contributed by atoms with van der Waals surface area (Å²) in [5.41, 5.74) is 1.56. The van der Waals surface area contributed by atoms with E-state index in [9.17, 15) is 4.79 Å². The van der Waals surface area contributed by atoms with Gasteiger partial charge in [0, 0.05) is 7.05 Å². The second-order valence-corrected chi connectivity index (χ2v) is 5.08. The number of hydrogen-bond donors (Lipinski definition) is 1. The molecule has 0 unspecified atom stereocenters. The Morgan fingerprint density at radius 3 is 2.79 bits per heavy atom. The molecular formula is C13H17N3O2S. The highest BCUT2D eigenvalue weighted by Crippen LogP contribution is 2.15. The van der Waals surface area contributed by atoms with Crippen molar-refractivity contribution in [1.82, 2.24) is 14.9 Å². The van der Waals surface area contributed by atoms with Crippen molar-refractivity contribution < 1.29 is 9.21 Å². The summed E-state index contributed by atoms with van der Waals surface area (Å²) in [6.07, 6.45) is 3.75. The van der Waals surface area contributed by atoms with Crippen LogP contribution in [0.15, 0.2) is 21.8 Å². The predicted molar refractivity (Wildman–Crippen MR) is 74.3 cm³/mol. The number of thioether (sulfide) groups is 1. The zero-order valence-electron chi connectivity index (χ0n) is 11.5. The van der Waals surface area contributed by atoms with Crippen LogP contribution in [0.25, 0.3) is 0 Å². The fourth-order valence-electron chi connectivity index (χ4n) is 1.90. The Balaban J connectivity index is 2.04. The smallest absolute Gasteiger partial charge is 0.255 e. The molecule has 2 heterocycles. The number of imidazole rings is 1. The summed E-state index contributed by atoms with van der Waals surface area (Å²) in [5.74, 6) is 1.26. The molecular weight excluding hydrogens is 262 g/mol. The Labute approximate surface area is 116 Å². The highest BCUT2D eigenvalue weighted by atomic mass is 32.2. The molecule has 0 radical (unpaired) electrons. The zero-order valence-corrected chi connectivity index (χ0v) is 12.3. The molecule has 2 aromatic heterocycles. The van der Waals surface area contributed by atoms with Crippen LogP contribution in [-0.2, 0) is 13.6 Å². The lowest BCUT2D eigenvalue weighted by molar-refractivity contribution is 0.0948. The molecule has 0 atom stereocenters. The summed E-state index contributed by atoms with van der Waals surface area (Å²) in [6, 6.07) is 1.75. The van der Waals surface area contributed by atoms with Gasteiger partial charge in [-0.3, -0.25) is 4.79 Å². The van der Waals surface area contributed by atoms with Crippen molar-refractivity contribution in [2.75, 3.05) is 6.26 Å². The van der Waals surface area contributed by atoms with E-state index in [-0.39, 0.29) is 5.91 Å². The minimum Gasteiger partial charge on any atom is -0.466 e. The number of carbonyl (C=O) groups excluding carboxylic acids is 1. The lowest BCUT2D eigenvalue weighted by atomic mass is 10.2. The van der Waals surface area contributed by atoms with Crippen molar-refractivity contribution >= 4 is 17.7 Å². The van der Waals surface area contributed by atoms with Gasteiger partial charge < -0.3 is 14.3 Å². The van der Waals surface area contributed by atoms with Gasteiger partial charge >= 0.3 is 0 Å². The molecule has 2 aromatic rings. The van der Waals surface area contributed by atoms with E-state index in [2.05, 4.69) is 10.3 Å². The second-order valence-electron chi connectivity index (χ2n) is 4.30. The molecule has 1 N–H and O–H groups in total. The zero-order chi connectivity index (χ0) is 14.0. The van der Waals surface area contributed by atoms with Crippen LogP contribution in [0, 0.1) is 13.8 Å². The van der Waals surface area contributed by atoms with Gasteiger partial charge in [-0.25, -0.2) is 4.98 Å². The van der Waals surface area contributed by atoms with Gasteiger partial charge in [-0.05, 0) is 26.2 Å². The largest absolute Gasteiger partial charge is 0.466 e. The molecule has 0 aliphatic heterocycles. The van der Waals surface area contributed by atoms with E-state index in [0.717, 1.165) is 16.6 Å². The number of aryl methyl sites for hydroxylation is 2. The molecule has 0 fully saturated rings. The highest BCUT2D eigenvalue weighted by Gasteiger charge is 2.14. The van der Waals surface area contributed by atoms with Crippen molar-refractivity contribution in [2.24, 2.45) is 7.05 Å². The second kappa shape index (κ2) is 5.52. The third-order valence-corrected chi connectivity index (χ3v) is 3.68. The van der Waals surface area contributed by atoms with Crippen LogP contribution in [0.4, 0.5) is 0 Å². The van der Waals surface area contributed by atoms with Crippen LogP contribution in [-0.4, -0.2) is 21.7 Å². The van der Waals surface area contributed by atoms with Crippen molar-refractivity contribution in [3.63, 3.8) is 0 Å². The first-order valence-electron chi connectivity index (χ1n) is 5.92. The van der Waals surface area contributed by atoms with Gasteiger partial charge in [0.25, 0.3) is 5.91 Å². The Morgan fingerprint density at radius 1 is 1.53 bits per heavy atom. The van der Waals surface area contributed by atoms with Crippen molar-refractivity contribution in [3.8, 4) is 0 Å². The maximum Gasteiger partial charge on any atom is 0.255 e. The first kappa shape index (κ1) is 13.7. The normalized spacial score (nSPS) is 10.7. The molecule has 0 aromatic carbocycles. The van der Waals surface area contributed by atoms with E-state index in [1.807, 2.05) is 24.8 Å². The van der Waals surface area contributed by atoms with Gasteiger partial charge in [0.1, 0.15) is 11.5 Å². The first-order valence-corrected chi connectivity index (χ1v) is 7.15. The maximum atomic E-state index is 12.0. The third-order valence-electron chi connectivity index (χ3n) is 2.94. The summed E-state index contributed by atoms with van der Waals surface area (Å²) in [7, 11) is 1.94. The van der Waals surface area contributed by atoms with Crippen LogP contribution in [0.3, 0.4) is 0 Å². The van der Waals surface area contributed by atoms with Crippen LogP contribution >= 0.6 is 11.8 Å². The van der Waals surface area contributed by atoms with Gasteiger partial charge in [0.05, 0.1) is 24.0 Å². The van der Waals surface area contributed by atoms with Crippen LogP contribution in [0.2, 0.25) is 0 Å². The van der Waals surface area contributed by atoms with Crippen molar-refractivity contribution in [1.29, 1.82) is 0 Å². The minimum atomic E-state index is -0.124. The lowest BCUT2D eigenvalue weighted by Crippen LogP contribution is -2.24. The molecule has 0 aliphatic carbocycles. The molecule has 0 spiro atoms. The van der Waals surface area contributed by atoms with Crippen molar-refractivity contribution in [3.05, 3.63) is 35.0 Å². The van der Waals surface area contributed by atoms with Crippen molar-refractivity contribution in [2.45, 2.75) is 25.5 Å². The quantitative estimate of drug-likeness (QED) is 0.872. The first-order chi connectivity index (χ1) is 9.02. The van der Waals surface area contributed by atoms with E-state index in [4.69, 9.17) is 4.42 Å². The number of furan rings is 1. The number of nitrogens with zero attached hydrogens (tertiary/aromatic N) is 2. The molecule has 5 nitrogen and oxygen atoms in total. The van der Waals surface area contributed by atoms with Gasteiger partial charge in [-0.2, -0.15) is 0 Å². The molecule has 2 rings (SSSR count). The fourth-order valence-corrected chi connectivity index (χ4v) is 2.45.